The van der Waals surface area contributed by atoms with Crippen LogP contribution in [-0.2, 0) is 19.6 Å². The van der Waals surface area contributed by atoms with Crippen molar-refractivity contribution < 1.29 is 27.5 Å². The van der Waals surface area contributed by atoms with Gasteiger partial charge in [0.1, 0.15) is 6.54 Å². The second kappa shape index (κ2) is 11.5. The first-order chi connectivity index (χ1) is 18.7. The number of nitrogens with one attached hydrogen (secondary N) is 3. The number of methoxy groups -OCH3 is 2. The number of ether oxygens (including phenoxy) is 2. The van der Waals surface area contributed by atoms with Gasteiger partial charge in [0.2, 0.25) is 15.9 Å². The summed E-state index contributed by atoms with van der Waals surface area (Å²) in [5.41, 5.74) is 3.91. The van der Waals surface area contributed by atoms with Crippen LogP contribution in [0.3, 0.4) is 0 Å². The highest BCUT2D eigenvalue weighted by atomic mass is 32.2. The molecule has 0 saturated heterocycles. The molecule has 10 nitrogen and oxygen atoms in total. The molecule has 0 aromatic heterocycles. The largest absolute Gasteiger partial charge is 0.493 e. The molecule has 2 amide bonds. The molecule has 0 saturated carbocycles. The fourth-order valence-electron chi connectivity index (χ4n) is 4.27. The van der Waals surface area contributed by atoms with Crippen LogP contribution in [0.15, 0.2) is 66.7 Å². The van der Waals surface area contributed by atoms with E-state index in [2.05, 4.69) is 16.0 Å². The predicted octanol–water partition coefficient (Wildman–Crippen LogP) is 3.54. The fourth-order valence-corrected chi connectivity index (χ4v) is 5.12. The van der Waals surface area contributed by atoms with Gasteiger partial charge in [-0.2, -0.15) is 0 Å². The van der Waals surface area contributed by atoms with E-state index in [1.165, 1.54) is 14.2 Å². The van der Waals surface area contributed by atoms with Crippen molar-refractivity contribution in [3.8, 4) is 11.5 Å². The summed E-state index contributed by atoms with van der Waals surface area (Å²) >= 11 is 0. The minimum atomic E-state index is -3.71. The lowest BCUT2D eigenvalue weighted by Gasteiger charge is -2.22. The molecular weight excluding hydrogens is 520 g/mol. The van der Waals surface area contributed by atoms with Crippen LogP contribution in [0.25, 0.3) is 11.3 Å². The van der Waals surface area contributed by atoms with E-state index in [4.69, 9.17) is 9.47 Å². The van der Waals surface area contributed by atoms with Crippen molar-refractivity contribution in [2.45, 2.75) is 6.92 Å². The molecule has 0 bridgehead atoms. The van der Waals surface area contributed by atoms with Crippen LogP contribution >= 0.6 is 0 Å². The average Bonchev–Trinajstić information content (AvgIpc) is 3.24. The van der Waals surface area contributed by atoms with Gasteiger partial charge in [0.25, 0.3) is 5.91 Å². The summed E-state index contributed by atoms with van der Waals surface area (Å²) in [6.07, 6.45) is 1.05. The molecule has 1 aliphatic rings. The van der Waals surface area contributed by atoms with Crippen LogP contribution in [-0.4, -0.2) is 53.8 Å². The Morgan fingerprint density at radius 1 is 0.974 bits per heavy atom. The molecule has 0 unspecified atom stereocenters. The highest BCUT2D eigenvalue weighted by molar-refractivity contribution is 7.92. The minimum absolute atomic E-state index is 0.298. The van der Waals surface area contributed by atoms with E-state index in [1.54, 1.807) is 43.3 Å². The number of likely N-dealkylation sites (N-methyl/N-ethyl adjacent to an activating group) is 1. The number of fused-ring (bicyclic) bond motifs is 1. The van der Waals surface area contributed by atoms with E-state index in [-0.39, 0.29) is 12.5 Å². The van der Waals surface area contributed by atoms with Crippen molar-refractivity contribution in [3.63, 3.8) is 0 Å². The zero-order valence-electron chi connectivity index (χ0n) is 22.1. The van der Waals surface area contributed by atoms with Gasteiger partial charge in [0.15, 0.2) is 11.5 Å². The third kappa shape index (κ3) is 5.99. The molecule has 39 heavy (non-hydrogen) atoms. The SMILES string of the molecule is CCNC(=O)CN(c1ccc(NC(=C2C(=O)Nc3cc(OC)c(OC)cc32)c2ccccc2)cc1)S(C)(=O)=O. The maximum absolute atomic E-state index is 13.2. The highest BCUT2D eigenvalue weighted by Crippen LogP contribution is 2.43. The monoisotopic (exact) mass is 550 g/mol. The van der Waals surface area contributed by atoms with E-state index < -0.39 is 15.9 Å². The second-order valence-electron chi connectivity index (χ2n) is 8.72. The molecule has 0 spiro atoms. The van der Waals surface area contributed by atoms with Gasteiger partial charge < -0.3 is 25.4 Å². The minimum Gasteiger partial charge on any atom is -0.493 e. The molecule has 204 valence electrons. The quantitative estimate of drug-likeness (QED) is 0.330. The Kier molecular flexibility index (Phi) is 8.10. The summed E-state index contributed by atoms with van der Waals surface area (Å²) in [6, 6.07) is 19.4. The molecule has 3 aromatic rings. The Morgan fingerprint density at radius 2 is 1.62 bits per heavy atom. The summed E-state index contributed by atoms with van der Waals surface area (Å²) < 4.78 is 36.7. The number of anilines is 3. The standard InChI is InChI=1S/C28H30N4O6S/c1-5-29-25(33)17-32(39(4,35)36)20-13-11-19(12-14-20)30-27(18-9-7-6-8-10-18)26-21-15-23(37-2)24(38-3)16-22(21)31-28(26)34/h6-16,30H,5,17H2,1-4H3,(H,29,33)(H,31,34). The molecule has 3 aromatic carbocycles. The smallest absolute Gasteiger partial charge is 0.258 e. The van der Waals surface area contributed by atoms with Crippen LogP contribution in [0.4, 0.5) is 17.1 Å². The lowest BCUT2D eigenvalue weighted by Crippen LogP contribution is -2.40. The summed E-state index contributed by atoms with van der Waals surface area (Å²) in [5.74, 6) is 0.272. The Labute approximate surface area is 227 Å². The van der Waals surface area contributed by atoms with E-state index in [9.17, 15) is 18.0 Å². The number of hydrogen-bond acceptors (Lipinski definition) is 7. The van der Waals surface area contributed by atoms with Gasteiger partial charge in [0, 0.05) is 23.9 Å². The first-order valence-electron chi connectivity index (χ1n) is 12.1. The number of hydrogen-bond donors (Lipinski definition) is 3. The maximum Gasteiger partial charge on any atom is 0.258 e. The van der Waals surface area contributed by atoms with Crippen LogP contribution in [0.5, 0.6) is 11.5 Å². The van der Waals surface area contributed by atoms with Crippen LogP contribution in [0.2, 0.25) is 0 Å². The van der Waals surface area contributed by atoms with Crippen LogP contribution in [0.1, 0.15) is 18.1 Å². The average molecular weight is 551 g/mol. The van der Waals surface area contributed by atoms with E-state index in [0.717, 1.165) is 16.1 Å². The van der Waals surface area contributed by atoms with Gasteiger partial charge in [-0.3, -0.25) is 13.9 Å². The molecule has 0 aliphatic carbocycles. The first-order valence-corrected chi connectivity index (χ1v) is 14.0. The van der Waals surface area contributed by atoms with Crippen LogP contribution < -0.4 is 29.7 Å². The molecule has 0 atom stereocenters. The zero-order chi connectivity index (χ0) is 28.2. The number of sulfonamides is 1. The summed E-state index contributed by atoms with van der Waals surface area (Å²) in [6.45, 7) is 1.82. The van der Waals surface area contributed by atoms with Gasteiger partial charge in [-0.05, 0) is 42.8 Å². The third-order valence-corrected chi connectivity index (χ3v) is 7.21. The topological polar surface area (TPSA) is 126 Å². The molecule has 3 N–H and O–H groups in total. The molecule has 1 heterocycles. The van der Waals surface area contributed by atoms with Gasteiger partial charge in [0.05, 0.1) is 43.1 Å². The second-order valence-corrected chi connectivity index (χ2v) is 10.6. The fraction of sp³-hybridized carbons (Fsp3) is 0.214. The van der Waals surface area contributed by atoms with E-state index in [0.29, 0.717) is 51.9 Å². The molecule has 1 aliphatic heterocycles. The molecule has 0 fully saturated rings. The lowest BCUT2D eigenvalue weighted by atomic mass is 9.99. The van der Waals surface area contributed by atoms with Crippen molar-refractivity contribution in [1.82, 2.24) is 5.32 Å². The molecule has 11 heteroatoms. The molecule has 4 rings (SSSR count). The van der Waals surface area contributed by atoms with Crippen molar-refractivity contribution in [1.29, 1.82) is 0 Å². The number of amides is 2. The maximum atomic E-state index is 13.2. The normalized spacial score (nSPS) is 13.7. The summed E-state index contributed by atoms with van der Waals surface area (Å²) in [5, 5.41) is 8.85. The Hall–Kier alpha value is -4.51. The zero-order valence-corrected chi connectivity index (χ0v) is 22.9. The predicted molar refractivity (Wildman–Crippen MR) is 152 cm³/mol. The Bertz CT molecular complexity index is 1520. The van der Waals surface area contributed by atoms with Crippen LogP contribution in [0, 0.1) is 0 Å². The summed E-state index contributed by atoms with van der Waals surface area (Å²) in [4.78, 5) is 25.4. The van der Waals surface area contributed by atoms with Crippen molar-refractivity contribution in [2.24, 2.45) is 0 Å². The number of rotatable bonds is 10. The highest BCUT2D eigenvalue weighted by Gasteiger charge is 2.30. The third-order valence-electron chi connectivity index (χ3n) is 6.07. The van der Waals surface area contributed by atoms with E-state index in [1.807, 2.05) is 30.3 Å². The molecular formula is C28H30N4O6S. The Morgan fingerprint density at radius 3 is 2.21 bits per heavy atom. The number of nitrogens with zero attached hydrogens (tertiary/aromatic N) is 1. The Balaban J connectivity index is 1.76. The number of benzene rings is 3. The van der Waals surface area contributed by atoms with Gasteiger partial charge in [-0.15, -0.1) is 0 Å². The lowest BCUT2D eigenvalue weighted by molar-refractivity contribution is -0.119. The summed E-state index contributed by atoms with van der Waals surface area (Å²) in [7, 11) is -0.652. The van der Waals surface area contributed by atoms with Gasteiger partial charge in [-0.25, -0.2) is 8.42 Å². The number of carbonyl (C=O) groups excluding carboxylic acids is 2. The van der Waals surface area contributed by atoms with Gasteiger partial charge >= 0.3 is 0 Å². The molecule has 0 radical (unpaired) electrons. The van der Waals surface area contributed by atoms with Crippen molar-refractivity contribution in [3.05, 3.63) is 77.9 Å². The number of carbonyl (C=O) groups is 2. The van der Waals surface area contributed by atoms with Crippen molar-refractivity contribution in [2.75, 3.05) is 48.5 Å². The first kappa shape index (κ1) is 27.5. The van der Waals surface area contributed by atoms with Crippen molar-refractivity contribution >= 4 is 50.2 Å². The van der Waals surface area contributed by atoms with Gasteiger partial charge in [-0.1, -0.05) is 30.3 Å². The van der Waals surface area contributed by atoms with E-state index >= 15 is 0 Å².